The first-order valence-electron chi connectivity index (χ1n) is 4.33. The monoisotopic (exact) mass is 203 g/mol. The quantitative estimate of drug-likeness (QED) is 0.585. The van der Waals surface area contributed by atoms with Gasteiger partial charge in [-0.1, -0.05) is 6.92 Å². The van der Waals surface area contributed by atoms with Crippen LogP contribution in [0.15, 0.2) is 0 Å². The topological polar surface area (TPSA) is 55.8 Å². The van der Waals surface area contributed by atoms with Crippen molar-refractivity contribution in [2.24, 2.45) is 5.92 Å². The molecule has 0 saturated heterocycles. The Morgan fingerprint density at radius 2 is 1.93 bits per heavy atom. The van der Waals surface area contributed by atoms with Crippen LogP contribution in [0, 0.1) is 5.92 Å². The van der Waals surface area contributed by atoms with Crippen molar-refractivity contribution in [1.29, 1.82) is 0 Å². The molecule has 14 heavy (non-hydrogen) atoms. The van der Waals surface area contributed by atoms with Crippen LogP contribution in [-0.4, -0.2) is 51.2 Å². The molecule has 1 unspecified atom stereocenters. The molecule has 0 N–H and O–H groups in total. The first kappa shape index (κ1) is 12.9. The molecule has 0 aromatic heterocycles. The van der Waals surface area contributed by atoms with Gasteiger partial charge in [0.25, 0.3) is 0 Å². The lowest BCUT2D eigenvalue weighted by molar-refractivity contribution is -0.146. The highest BCUT2D eigenvalue weighted by molar-refractivity contribution is 5.78. The molecule has 0 fully saturated rings. The molecule has 0 aromatic carbocycles. The highest BCUT2D eigenvalue weighted by Crippen LogP contribution is 2.00. The highest BCUT2D eigenvalue weighted by Gasteiger charge is 2.18. The van der Waals surface area contributed by atoms with Crippen LogP contribution in [0.1, 0.15) is 6.92 Å². The summed E-state index contributed by atoms with van der Waals surface area (Å²) in [7, 11) is 4.41. The summed E-state index contributed by atoms with van der Waals surface area (Å²) in [6.07, 6.45) is 0. The number of methoxy groups -OCH3 is 2. The van der Waals surface area contributed by atoms with Crippen LogP contribution in [0.4, 0.5) is 0 Å². The van der Waals surface area contributed by atoms with Gasteiger partial charge in [0, 0.05) is 20.7 Å². The molecule has 1 amide bonds. The maximum absolute atomic E-state index is 11.2. The van der Waals surface area contributed by atoms with Gasteiger partial charge in [-0.2, -0.15) is 0 Å². The minimum Gasteiger partial charge on any atom is -0.469 e. The fraction of sp³-hybridized carbons (Fsp3) is 0.778. The number of carbonyl (C=O) groups excluding carboxylic acids is 2. The van der Waals surface area contributed by atoms with Gasteiger partial charge in [0.1, 0.15) is 6.61 Å². The summed E-state index contributed by atoms with van der Waals surface area (Å²) in [5.74, 6) is -0.781. The number of esters is 1. The van der Waals surface area contributed by atoms with E-state index < -0.39 is 0 Å². The molecule has 0 aliphatic heterocycles. The predicted octanol–water partition coefficient (Wildman–Crippen LogP) is -0.0997. The fourth-order valence-electron chi connectivity index (χ4n) is 1.02. The summed E-state index contributed by atoms with van der Waals surface area (Å²) in [5.41, 5.74) is 0. The van der Waals surface area contributed by atoms with Gasteiger partial charge < -0.3 is 14.4 Å². The summed E-state index contributed by atoms with van der Waals surface area (Å²) in [6, 6.07) is 0. The van der Waals surface area contributed by atoms with Gasteiger partial charge in [0.05, 0.1) is 13.0 Å². The molecule has 0 bridgehead atoms. The van der Waals surface area contributed by atoms with Gasteiger partial charge in [-0.05, 0) is 0 Å². The Labute approximate surface area is 84.0 Å². The Morgan fingerprint density at radius 3 is 2.36 bits per heavy atom. The molecule has 0 saturated carbocycles. The van der Waals surface area contributed by atoms with Crippen molar-refractivity contribution in [2.75, 3.05) is 34.4 Å². The van der Waals surface area contributed by atoms with E-state index in [1.54, 1.807) is 14.0 Å². The lowest BCUT2D eigenvalue weighted by atomic mass is 10.2. The summed E-state index contributed by atoms with van der Waals surface area (Å²) < 4.78 is 9.23. The number of hydrogen-bond donors (Lipinski definition) is 0. The molecular formula is C9H17NO4. The van der Waals surface area contributed by atoms with Crippen LogP contribution >= 0.6 is 0 Å². The molecule has 5 nitrogen and oxygen atoms in total. The van der Waals surface area contributed by atoms with Gasteiger partial charge >= 0.3 is 5.97 Å². The van der Waals surface area contributed by atoms with Crippen molar-refractivity contribution in [3.05, 3.63) is 0 Å². The Kier molecular flexibility index (Phi) is 5.87. The smallest absolute Gasteiger partial charge is 0.310 e. The van der Waals surface area contributed by atoms with Crippen LogP contribution in [0.25, 0.3) is 0 Å². The molecule has 0 aliphatic rings. The maximum atomic E-state index is 11.2. The van der Waals surface area contributed by atoms with E-state index in [1.807, 2.05) is 0 Å². The first-order valence-corrected chi connectivity index (χ1v) is 4.33. The largest absolute Gasteiger partial charge is 0.469 e. The number of likely N-dealkylation sites (N-methyl/N-ethyl adjacent to an activating group) is 1. The van der Waals surface area contributed by atoms with Crippen LogP contribution in [0.3, 0.4) is 0 Å². The van der Waals surface area contributed by atoms with E-state index in [2.05, 4.69) is 9.47 Å². The number of ether oxygens (including phenoxy) is 2. The van der Waals surface area contributed by atoms with Gasteiger partial charge in [-0.3, -0.25) is 9.59 Å². The number of carbonyl (C=O) groups is 2. The van der Waals surface area contributed by atoms with E-state index in [1.165, 1.54) is 19.1 Å². The molecule has 0 heterocycles. The molecule has 1 atom stereocenters. The second-order valence-electron chi connectivity index (χ2n) is 3.13. The minimum atomic E-state index is -0.318. The minimum absolute atomic E-state index is 0.0321. The predicted molar refractivity (Wildman–Crippen MR) is 50.7 cm³/mol. The SMILES string of the molecule is COCC(=O)N(C)CC(C)C(=O)OC. The summed E-state index contributed by atoms with van der Waals surface area (Å²) in [4.78, 5) is 23.7. The zero-order valence-corrected chi connectivity index (χ0v) is 9.07. The van der Waals surface area contributed by atoms with E-state index in [4.69, 9.17) is 0 Å². The van der Waals surface area contributed by atoms with Crippen molar-refractivity contribution in [3.8, 4) is 0 Å². The van der Waals surface area contributed by atoms with Gasteiger partial charge in [0.2, 0.25) is 5.91 Å². The second kappa shape index (κ2) is 6.37. The van der Waals surface area contributed by atoms with Crippen LogP contribution in [0.2, 0.25) is 0 Å². The molecule has 82 valence electrons. The van der Waals surface area contributed by atoms with E-state index >= 15 is 0 Å². The van der Waals surface area contributed by atoms with Gasteiger partial charge in [0.15, 0.2) is 0 Å². The van der Waals surface area contributed by atoms with Crippen LogP contribution in [0.5, 0.6) is 0 Å². The Bertz CT molecular complexity index is 205. The summed E-state index contributed by atoms with van der Waals surface area (Å²) in [5, 5.41) is 0. The Hall–Kier alpha value is -1.10. The second-order valence-corrected chi connectivity index (χ2v) is 3.13. The number of hydrogen-bond acceptors (Lipinski definition) is 4. The highest BCUT2D eigenvalue weighted by atomic mass is 16.5. The third kappa shape index (κ3) is 4.23. The van der Waals surface area contributed by atoms with Crippen molar-refractivity contribution in [3.63, 3.8) is 0 Å². The van der Waals surface area contributed by atoms with Crippen molar-refractivity contribution >= 4 is 11.9 Å². The first-order chi connectivity index (χ1) is 6.52. The Morgan fingerprint density at radius 1 is 1.36 bits per heavy atom. The van der Waals surface area contributed by atoms with Crippen LogP contribution < -0.4 is 0 Å². The summed E-state index contributed by atoms with van der Waals surface area (Å²) in [6.45, 7) is 2.08. The zero-order valence-electron chi connectivity index (χ0n) is 9.07. The Balaban J connectivity index is 3.98. The number of rotatable bonds is 5. The molecule has 0 spiro atoms. The number of amides is 1. The average Bonchev–Trinajstić information content (AvgIpc) is 2.16. The van der Waals surface area contributed by atoms with Gasteiger partial charge in [-0.25, -0.2) is 0 Å². The lowest BCUT2D eigenvalue weighted by Gasteiger charge is -2.19. The third-order valence-electron chi connectivity index (χ3n) is 1.84. The van der Waals surface area contributed by atoms with E-state index in [0.717, 1.165) is 0 Å². The molecular weight excluding hydrogens is 186 g/mol. The molecule has 0 aliphatic carbocycles. The maximum Gasteiger partial charge on any atom is 0.310 e. The zero-order chi connectivity index (χ0) is 11.1. The standard InChI is InChI=1S/C9H17NO4/c1-7(9(12)14-4)5-10(2)8(11)6-13-3/h7H,5-6H2,1-4H3. The average molecular weight is 203 g/mol. The summed E-state index contributed by atoms with van der Waals surface area (Å²) >= 11 is 0. The van der Waals surface area contributed by atoms with Crippen molar-refractivity contribution < 1.29 is 19.1 Å². The normalized spacial score (nSPS) is 12.0. The van der Waals surface area contributed by atoms with E-state index in [0.29, 0.717) is 6.54 Å². The van der Waals surface area contributed by atoms with E-state index in [9.17, 15) is 9.59 Å². The van der Waals surface area contributed by atoms with Gasteiger partial charge in [-0.15, -0.1) is 0 Å². The lowest BCUT2D eigenvalue weighted by Crippen LogP contribution is -2.36. The third-order valence-corrected chi connectivity index (χ3v) is 1.84. The molecule has 0 rings (SSSR count). The van der Waals surface area contributed by atoms with E-state index in [-0.39, 0.29) is 24.4 Å². The molecule has 5 heteroatoms. The molecule has 0 radical (unpaired) electrons. The van der Waals surface area contributed by atoms with Crippen molar-refractivity contribution in [2.45, 2.75) is 6.92 Å². The number of nitrogens with zero attached hydrogens (tertiary/aromatic N) is 1. The van der Waals surface area contributed by atoms with Crippen molar-refractivity contribution in [1.82, 2.24) is 4.90 Å². The fourth-order valence-corrected chi connectivity index (χ4v) is 1.02. The van der Waals surface area contributed by atoms with Crippen LogP contribution in [-0.2, 0) is 19.1 Å². The molecule has 0 aromatic rings.